The van der Waals surface area contributed by atoms with Crippen molar-refractivity contribution in [3.8, 4) is 0 Å². The molecule has 0 saturated carbocycles. The van der Waals surface area contributed by atoms with E-state index >= 15 is 0 Å². The minimum Gasteiger partial charge on any atom is -0.467 e. The Kier molecular flexibility index (Phi) is 4.82. The quantitative estimate of drug-likeness (QED) is 0.522. The number of para-hydroxylation sites is 1. The second-order valence-electron chi connectivity index (χ2n) is 7.76. The van der Waals surface area contributed by atoms with Gasteiger partial charge >= 0.3 is 0 Å². The number of aromatic amines is 1. The van der Waals surface area contributed by atoms with Gasteiger partial charge < -0.3 is 24.2 Å². The van der Waals surface area contributed by atoms with Crippen LogP contribution in [0.1, 0.15) is 40.7 Å². The molecule has 2 N–H and O–H groups in total. The SMILES string of the molecule is C[C@@H]1c2nc(CC(=O)NCc3ccco3)cn2CCN1C(=O)c1cc2ccccc2[nH]1. The maximum atomic E-state index is 13.2. The van der Waals surface area contributed by atoms with Crippen molar-refractivity contribution < 1.29 is 14.0 Å². The van der Waals surface area contributed by atoms with Crippen molar-refractivity contribution in [3.63, 3.8) is 0 Å². The number of hydrogen-bond acceptors (Lipinski definition) is 4. The molecule has 8 nitrogen and oxygen atoms in total. The predicted octanol–water partition coefficient (Wildman–Crippen LogP) is 3.03. The third-order valence-electron chi connectivity index (χ3n) is 5.68. The summed E-state index contributed by atoms with van der Waals surface area (Å²) < 4.78 is 7.27. The molecular weight excluding hydrogens is 394 g/mol. The molecule has 1 aliphatic rings. The van der Waals surface area contributed by atoms with E-state index < -0.39 is 0 Å². The summed E-state index contributed by atoms with van der Waals surface area (Å²) in [7, 11) is 0. The Hall–Kier alpha value is -3.81. The van der Waals surface area contributed by atoms with Crippen LogP contribution in [0.4, 0.5) is 0 Å². The van der Waals surface area contributed by atoms with Gasteiger partial charge in [-0.3, -0.25) is 9.59 Å². The van der Waals surface area contributed by atoms with Gasteiger partial charge in [0.1, 0.15) is 17.3 Å². The van der Waals surface area contributed by atoms with E-state index in [2.05, 4.69) is 15.3 Å². The summed E-state index contributed by atoms with van der Waals surface area (Å²) in [6.45, 7) is 3.55. The molecule has 0 spiro atoms. The number of fused-ring (bicyclic) bond motifs is 2. The number of amides is 2. The molecule has 8 heteroatoms. The number of hydrogen-bond donors (Lipinski definition) is 2. The lowest BCUT2D eigenvalue weighted by molar-refractivity contribution is -0.120. The fourth-order valence-corrected chi connectivity index (χ4v) is 4.08. The summed E-state index contributed by atoms with van der Waals surface area (Å²) in [5.41, 5.74) is 2.21. The van der Waals surface area contributed by atoms with Crippen molar-refractivity contribution in [2.45, 2.75) is 32.5 Å². The lowest BCUT2D eigenvalue weighted by Crippen LogP contribution is -2.41. The van der Waals surface area contributed by atoms with Crippen molar-refractivity contribution in [2.75, 3.05) is 6.54 Å². The fourth-order valence-electron chi connectivity index (χ4n) is 4.08. The van der Waals surface area contributed by atoms with Gasteiger partial charge in [-0.15, -0.1) is 0 Å². The summed E-state index contributed by atoms with van der Waals surface area (Å²) in [4.78, 5) is 35.1. The number of rotatable bonds is 5. The number of carbonyl (C=O) groups is 2. The van der Waals surface area contributed by atoms with Crippen LogP contribution < -0.4 is 5.32 Å². The molecule has 0 bridgehead atoms. The molecule has 0 radical (unpaired) electrons. The van der Waals surface area contributed by atoms with Gasteiger partial charge in [0, 0.05) is 30.2 Å². The first-order chi connectivity index (χ1) is 15.1. The molecule has 1 aliphatic heterocycles. The zero-order chi connectivity index (χ0) is 21.4. The van der Waals surface area contributed by atoms with Crippen LogP contribution in [-0.4, -0.2) is 37.8 Å². The Morgan fingerprint density at radius 1 is 1.23 bits per heavy atom. The molecular formula is C23H23N5O3. The smallest absolute Gasteiger partial charge is 0.270 e. The van der Waals surface area contributed by atoms with Crippen LogP contribution in [0.2, 0.25) is 0 Å². The van der Waals surface area contributed by atoms with Gasteiger partial charge in [-0.2, -0.15) is 0 Å². The number of nitrogens with zero attached hydrogens (tertiary/aromatic N) is 3. The highest BCUT2D eigenvalue weighted by atomic mass is 16.3. The minimum atomic E-state index is -0.187. The number of imidazole rings is 1. The van der Waals surface area contributed by atoms with E-state index in [-0.39, 0.29) is 24.3 Å². The van der Waals surface area contributed by atoms with Gasteiger partial charge in [-0.25, -0.2) is 4.98 Å². The van der Waals surface area contributed by atoms with Crippen LogP contribution in [0.15, 0.2) is 59.3 Å². The molecule has 31 heavy (non-hydrogen) atoms. The first-order valence-electron chi connectivity index (χ1n) is 10.3. The molecule has 0 aliphatic carbocycles. The zero-order valence-electron chi connectivity index (χ0n) is 17.2. The number of aromatic nitrogens is 3. The van der Waals surface area contributed by atoms with Crippen molar-refractivity contribution in [1.82, 2.24) is 24.8 Å². The lowest BCUT2D eigenvalue weighted by atomic mass is 10.2. The summed E-state index contributed by atoms with van der Waals surface area (Å²) >= 11 is 0. The summed E-state index contributed by atoms with van der Waals surface area (Å²) in [6, 6.07) is 13.1. The number of H-pyrrole nitrogens is 1. The van der Waals surface area contributed by atoms with E-state index in [0.717, 1.165) is 16.7 Å². The summed E-state index contributed by atoms with van der Waals surface area (Å²) in [5, 5.41) is 3.85. The Bertz CT molecular complexity index is 1200. The first kappa shape index (κ1) is 19.2. The minimum absolute atomic E-state index is 0.0457. The van der Waals surface area contributed by atoms with Crippen molar-refractivity contribution in [3.05, 3.63) is 77.9 Å². The van der Waals surface area contributed by atoms with Crippen LogP contribution in [-0.2, 0) is 24.3 Å². The van der Waals surface area contributed by atoms with E-state index in [1.165, 1.54) is 0 Å². The second-order valence-corrected chi connectivity index (χ2v) is 7.76. The van der Waals surface area contributed by atoms with Crippen LogP contribution in [0.25, 0.3) is 10.9 Å². The molecule has 4 heterocycles. The molecule has 158 valence electrons. The van der Waals surface area contributed by atoms with Crippen LogP contribution >= 0.6 is 0 Å². The Labute approximate surface area is 178 Å². The molecule has 1 aromatic carbocycles. The van der Waals surface area contributed by atoms with E-state index in [1.807, 2.05) is 59.0 Å². The molecule has 2 amide bonds. The van der Waals surface area contributed by atoms with Gasteiger partial charge in [0.25, 0.3) is 5.91 Å². The van der Waals surface area contributed by atoms with Crippen LogP contribution in [0.5, 0.6) is 0 Å². The molecule has 1 atom stereocenters. The van der Waals surface area contributed by atoms with E-state index in [4.69, 9.17) is 4.42 Å². The lowest BCUT2D eigenvalue weighted by Gasteiger charge is -2.33. The second kappa shape index (κ2) is 7.79. The Balaban J connectivity index is 1.28. The fraction of sp³-hybridized carbons (Fsp3) is 0.261. The number of nitrogens with one attached hydrogen (secondary N) is 2. The van der Waals surface area contributed by atoms with Gasteiger partial charge in [-0.05, 0) is 31.2 Å². The maximum absolute atomic E-state index is 13.2. The monoisotopic (exact) mass is 417 g/mol. The summed E-state index contributed by atoms with van der Waals surface area (Å²) in [6.07, 6.45) is 3.67. The van der Waals surface area contributed by atoms with Crippen LogP contribution in [0, 0.1) is 0 Å². The largest absolute Gasteiger partial charge is 0.467 e. The topological polar surface area (TPSA) is 96.2 Å². The van der Waals surface area contributed by atoms with Crippen molar-refractivity contribution in [2.24, 2.45) is 0 Å². The third-order valence-corrected chi connectivity index (χ3v) is 5.68. The highest BCUT2D eigenvalue weighted by molar-refractivity contribution is 5.98. The van der Waals surface area contributed by atoms with Crippen LogP contribution in [0.3, 0.4) is 0 Å². The predicted molar refractivity (Wildman–Crippen MR) is 114 cm³/mol. The molecule has 3 aromatic heterocycles. The average molecular weight is 417 g/mol. The third kappa shape index (κ3) is 3.72. The molecule has 5 rings (SSSR count). The normalized spacial score (nSPS) is 15.8. The highest BCUT2D eigenvalue weighted by Crippen LogP contribution is 2.27. The Morgan fingerprint density at radius 2 is 2.10 bits per heavy atom. The number of benzene rings is 1. The molecule has 4 aromatic rings. The van der Waals surface area contributed by atoms with E-state index in [0.29, 0.717) is 36.8 Å². The van der Waals surface area contributed by atoms with Crippen molar-refractivity contribution in [1.29, 1.82) is 0 Å². The zero-order valence-corrected chi connectivity index (χ0v) is 17.2. The maximum Gasteiger partial charge on any atom is 0.270 e. The van der Waals surface area contributed by atoms with Gasteiger partial charge in [-0.1, -0.05) is 18.2 Å². The number of carbonyl (C=O) groups excluding carboxylic acids is 2. The van der Waals surface area contributed by atoms with E-state index in [9.17, 15) is 9.59 Å². The summed E-state index contributed by atoms with van der Waals surface area (Å²) in [5.74, 6) is 1.34. The standard InChI is InChI=1S/C23H23N5O3/c1-15-22-25-17(12-21(29)24-13-18-6-4-10-31-18)14-27(22)8-9-28(15)23(30)20-11-16-5-2-3-7-19(16)26-20/h2-7,10-11,14-15,26H,8-9,12-13H2,1H3,(H,24,29)/t15-/m1/s1. The average Bonchev–Trinajstić information content (AvgIpc) is 3.51. The van der Waals surface area contributed by atoms with Gasteiger partial charge in [0.05, 0.1) is 31.0 Å². The molecule has 0 unspecified atom stereocenters. The highest BCUT2D eigenvalue weighted by Gasteiger charge is 2.31. The van der Waals surface area contributed by atoms with Crippen molar-refractivity contribution >= 4 is 22.7 Å². The Morgan fingerprint density at radius 3 is 2.90 bits per heavy atom. The molecule has 0 saturated heterocycles. The van der Waals surface area contributed by atoms with Gasteiger partial charge in [0.15, 0.2) is 0 Å². The first-order valence-corrected chi connectivity index (χ1v) is 10.3. The number of furan rings is 1. The van der Waals surface area contributed by atoms with E-state index in [1.54, 1.807) is 12.3 Å². The van der Waals surface area contributed by atoms with Gasteiger partial charge in [0.2, 0.25) is 5.91 Å². The molecule has 0 fully saturated rings.